The van der Waals surface area contributed by atoms with E-state index in [-0.39, 0.29) is 5.69 Å². The number of aromatic amines is 2. The van der Waals surface area contributed by atoms with Gasteiger partial charge < -0.3 is 9.84 Å². The van der Waals surface area contributed by atoms with E-state index in [0.717, 1.165) is 7.11 Å². The summed E-state index contributed by atoms with van der Waals surface area (Å²) in [6, 6.07) is 0. The van der Waals surface area contributed by atoms with E-state index in [1.807, 2.05) is 5.10 Å². The summed E-state index contributed by atoms with van der Waals surface area (Å²) < 4.78 is 4.24. The van der Waals surface area contributed by atoms with Crippen molar-refractivity contribution in [3.05, 3.63) is 16.0 Å². The largest absolute Gasteiger partial charge is 0.501 e. The number of hydrogen-bond donors (Lipinski definition) is 3. The van der Waals surface area contributed by atoms with Crippen LogP contribution < -0.4 is 5.56 Å². The Kier molecular flexibility index (Phi) is 1.67. The van der Waals surface area contributed by atoms with Gasteiger partial charge in [-0.3, -0.25) is 15.0 Å². The van der Waals surface area contributed by atoms with Crippen LogP contribution in [-0.4, -0.2) is 28.4 Å². The average Bonchev–Trinajstić information content (AvgIpc) is 2.32. The molecular formula is C5H6N2O4. The summed E-state index contributed by atoms with van der Waals surface area (Å²) in [5, 5.41) is 13.0. The highest BCUT2D eigenvalue weighted by molar-refractivity contribution is 5.89. The van der Waals surface area contributed by atoms with Crippen molar-refractivity contribution in [3.63, 3.8) is 0 Å². The molecule has 0 bridgehead atoms. The monoisotopic (exact) mass is 158 g/mol. The van der Waals surface area contributed by atoms with Gasteiger partial charge in [-0.05, 0) is 0 Å². The molecule has 1 rings (SSSR count). The Morgan fingerprint density at radius 3 is 2.55 bits per heavy atom. The van der Waals surface area contributed by atoms with Crippen LogP contribution >= 0.6 is 0 Å². The molecule has 1 heterocycles. The molecule has 0 aliphatic heterocycles. The van der Waals surface area contributed by atoms with Crippen LogP contribution in [0.25, 0.3) is 0 Å². The Bertz CT molecular complexity index is 323. The van der Waals surface area contributed by atoms with Crippen molar-refractivity contribution in [2.45, 2.75) is 0 Å². The predicted octanol–water partition coefficient (Wildman–Crippen LogP) is -0.805. The number of H-pyrrole nitrogens is 2. The maximum absolute atomic E-state index is 10.7. The first-order chi connectivity index (χ1) is 5.16. The van der Waals surface area contributed by atoms with Gasteiger partial charge in [-0.1, -0.05) is 0 Å². The normalized spacial score (nSPS) is 9.55. The number of carbonyl (C=O) groups is 1. The highest BCUT2D eigenvalue weighted by atomic mass is 16.5. The molecule has 3 N–H and O–H groups in total. The van der Waals surface area contributed by atoms with Gasteiger partial charge in [-0.25, -0.2) is 4.79 Å². The van der Waals surface area contributed by atoms with Gasteiger partial charge in [-0.15, -0.1) is 0 Å². The fourth-order valence-corrected chi connectivity index (χ4v) is 0.601. The number of methoxy groups -OCH3 is 1. The minimum atomic E-state index is -0.791. The van der Waals surface area contributed by atoms with E-state index in [2.05, 4.69) is 9.84 Å². The second-order valence-electron chi connectivity index (χ2n) is 1.79. The zero-order chi connectivity index (χ0) is 8.43. The molecule has 0 aliphatic rings. The summed E-state index contributed by atoms with van der Waals surface area (Å²) >= 11 is 0. The molecule has 0 saturated heterocycles. The van der Waals surface area contributed by atoms with Crippen molar-refractivity contribution < 1.29 is 14.6 Å². The highest BCUT2D eigenvalue weighted by Crippen LogP contribution is 2.06. The van der Waals surface area contributed by atoms with E-state index in [9.17, 15) is 9.59 Å². The van der Waals surface area contributed by atoms with Gasteiger partial charge in [0.05, 0.1) is 7.11 Å². The van der Waals surface area contributed by atoms with Crippen LogP contribution in [0, 0.1) is 0 Å². The number of nitrogens with one attached hydrogen (secondary N) is 2. The van der Waals surface area contributed by atoms with E-state index in [1.54, 1.807) is 0 Å². The maximum atomic E-state index is 10.7. The lowest BCUT2D eigenvalue weighted by Crippen LogP contribution is -2.02. The molecule has 0 atom stereocenters. The molecule has 60 valence electrons. The third-order valence-electron chi connectivity index (χ3n) is 1.14. The van der Waals surface area contributed by atoms with Crippen molar-refractivity contribution in [1.82, 2.24) is 10.2 Å². The fourth-order valence-electron chi connectivity index (χ4n) is 0.601. The molecule has 0 amide bonds. The molecule has 1 aromatic rings. The quantitative estimate of drug-likeness (QED) is 0.466. The number of aromatic nitrogens is 2. The smallest absolute Gasteiger partial charge is 0.360 e. The van der Waals surface area contributed by atoms with Crippen LogP contribution in [0.5, 0.6) is 5.75 Å². The Balaban J connectivity index is 3.15. The predicted molar refractivity (Wildman–Crippen MR) is 34.4 cm³/mol. The molecule has 0 saturated carbocycles. The lowest BCUT2D eigenvalue weighted by molar-refractivity contribution is 0.0590. The summed E-state index contributed by atoms with van der Waals surface area (Å²) in [5.74, 6) is -1.45. The number of esters is 1. The summed E-state index contributed by atoms with van der Waals surface area (Å²) in [5.41, 5.74) is -1.01. The molecule has 6 heteroatoms. The molecule has 0 spiro atoms. The number of aromatic hydroxyl groups is 1. The highest BCUT2D eigenvalue weighted by Gasteiger charge is 2.15. The zero-order valence-corrected chi connectivity index (χ0v) is 5.67. The van der Waals surface area contributed by atoms with Gasteiger partial charge >= 0.3 is 11.5 Å². The lowest BCUT2D eigenvalue weighted by Gasteiger charge is -1.92. The van der Waals surface area contributed by atoms with Crippen molar-refractivity contribution in [1.29, 1.82) is 0 Å². The van der Waals surface area contributed by atoms with Crippen molar-refractivity contribution >= 4 is 5.97 Å². The molecule has 0 aliphatic carbocycles. The molecule has 0 unspecified atom stereocenters. The summed E-state index contributed by atoms with van der Waals surface area (Å²) in [7, 11) is 1.15. The number of rotatable bonds is 1. The minimum Gasteiger partial charge on any atom is -0.501 e. The van der Waals surface area contributed by atoms with Gasteiger partial charge in [0.2, 0.25) is 5.75 Å². The second-order valence-corrected chi connectivity index (χ2v) is 1.79. The Morgan fingerprint density at radius 2 is 2.18 bits per heavy atom. The molecule has 0 radical (unpaired) electrons. The topological polar surface area (TPSA) is 95.2 Å². The van der Waals surface area contributed by atoms with Gasteiger partial charge in [0.15, 0.2) is 5.69 Å². The molecule has 11 heavy (non-hydrogen) atoms. The standard InChI is InChI=1S/C5H6N2O4/c1-11-5(10)2-3(8)4(9)7-6-2/h8H,1H3,(H2,6,7,9). The second kappa shape index (κ2) is 2.49. The zero-order valence-electron chi connectivity index (χ0n) is 5.67. The van der Waals surface area contributed by atoms with Crippen LogP contribution in [0.4, 0.5) is 0 Å². The van der Waals surface area contributed by atoms with E-state index >= 15 is 0 Å². The van der Waals surface area contributed by atoms with E-state index in [1.165, 1.54) is 0 Å². The average molecular weight is 158 g/mol. The number of hydrogen-bond acceptors (Lipinski definition) is 4. The van der Waals surface area contributed by atoms with Gasteiger partial charge in [0.1, 0.15) is 0 Å². The molecular weight excluding hydrogens is 152 g/mol. The minimum absolute atomic E-state index is 0.266. The van der Waals surface area contributed by atoms with E-state index in [0.29, 0.717) is 0 Å². The Hall–Kier alpha value is -1.72. The molecule has 6 nitrogen and oxygen atoms in total. The first kappa shape index (κ1) is 7.39. The van der Waals surface area contributed by atoms with Crippen LogP contribution in [-0.2, 0) is 4.74 Å². The van der Waals surface area contributed by atoms with Gasteiger partial charge in [0.25, 0.3) is 0 Å². The van der Waals surface area contributed by atoms with Crippen LogP contribution in [0.3, 0.4) is 0 Å². The Morgan fingerprint density at radius 1 is 1.55 bits per heavy atom. The number of carbonyl (C=O) groups excluding carboxylic acids is 1. The van der Waals surface area contributed by atoms with Crippen molar-refractivity contribution in [2.75, 3.05) is 7.11 Å². The third-order valence-corrected chi connectivity index (χ3v) is 1.14. The first-order valence-electron chi connectivity index (χ1n) is 2.74. The van der Waals surface area contributed by atoms with Gasteiger partial charge in [-0.2, -0.15) is 0 Å². The third kappa shape index (κ3) is 1.09. The summed E-state index contributed by atoms with van der Waals surface area (Å²) in [6.45, 7) is 0. The SMILES string of the molecule is COC(=O)c1[nH][nH]c(=O)c1O. The Labute approximate surface area is 60.8 Å². The van der Waals surface area contributed by atoms with E-state index in [4.69, 9.17) is 5.11 Å². The van der Waals surface area contributed by atoms with Crippen LogP contribution in [0.1, 0.15) is 10.5 Å². The lowest BCUT2D eigenvalue weighted by atomic mass is 10.4. The van der Waals surface area contributed by atoms with E-state index < -0.39 is 17.3 Å². The van der Waals surface area contributed by atoms with Crippen LogP contribution in [0.2, 0.25) is 0 Å². The maximum Gasteiger partial charge on any atom is 0.360 e. The van der Waals surface area contributed by atoms with Crippen molar-refractivity contribution in [3.8, 4) is 5.75 Å². The number of ether oxygens (including phenoxy) is 1. The summed E-state index contributed by atoms with van der Waals surface area (Å²) in [4.78, 5) is 21.2. The van der Waals surface area contributed by atoms with Gasteiger partial charge in [0, 0.05) is 0 Å². The van der Waals surface area contributed by atoms with Crippen LogP contribution in [0.15, 0.2) is 4.79 Å². The van der Waals surface area contributed by atoms with Crippen molar-refractivity contribution in [2.24, 2.45) is 0 Å². The molecule has 0 fully saturated rings. The molecule has 1 aromatic heterocycles. The fraction of sp³-hybridized carbons (Fsp3) is 0.200. The first-order valence-corrected chi connectivity index (χ1v) is 2.74. The molecule has 0 aromatic carbocycles. The summed E-state index contributed by atoms with van der Waals surface area (Å²) in [6.07, 6.45) is 0.